The number of rotatable bonds is 1. The molecule has 110 valence electrons. The molecule has 3 nitrogen and oxygen atoms in total. The van der Waals surface area contributed by atoms with E-state index < -0.39 is 0 Å². The Labute approximate surface area is 118 Å². The van der Waals surface area contributed by atoms with Gasteiger partial charge in [-0.25, -0.2) is 0 Å². The van der Waals surface area contributed by atoms with Gasteiger partial charge >= 0.3 is 0 Å². The van der Waals surface area contributed by atoms with Crippen molar-refractivity contribution in [3.05, 3.63) is 0 Å². The number of carbonyl (C=O) groups excluding carboxylic acids is 1. The summed E-state index contributed by atoms with van der Waals surface area (Å²) in [5, 5.41) is 3.64. The van der Waals surface area contributed by atoms with Crippen molar-refractivity contribution in [2.24, 2.45) is 5.92 Å². The first-order valence-corrected chi connectivity index (χ1v) is 7.85. The fourth-order valence-electron chi connectivity index (χ4n) is 4.36. The van der Waals surface area contributed by atoms with E-state index in [1.807, 2.05) is 0 Å². The summed E-state index contributed by atoms with van der Waals surface area (Å²) in [5.41, 5.74) is -0.137. The van der Waals surface area contributed by atoms with Crippen LogP contribution in [0, 0.1) is 5.92 Å². The van der Waals surface area contributed by atoms with Crippen LogP contribution >= 0.6 is 0 Å². The molecule has 0 bridgehead atoms. The highest BCUT2D eigenvalue weighted by Crippen LogP contribution is 2.34. The maximum absolute atomic E-state index is 12.9. The molecule has 1 aliphatic carbocycles. The summed E-state index contributed by atoms with van der Waals surface area (Å²) in [6.07, 6.45) is 6.93. The molecule has 2 aliphatic rings. The second-order valence-electron chi connectivity index (χ2n) is 7.66. The topological polar surface area (TPSA) is 32.3 Å². The molecule has 1 aliphatic heterocycles. The van der Waals surface area contributed by atoms with Crippen molar-refractivity contribution in [1.82, 2.24) is 10.2 Å². The summed E-state index contributed by atoms with van der Waals surface area (Å²) in [7, 11) is 0. The maximum Gasteiger partial charge on any atom is 0.227 e. The molecule has 1 N–H and O–H groups in total. The zero-order valence-electron chi connectivity index (χ0n) is 13.3. The first kappa shape index (κ1) is 14.8. The van der Waals surface area contributed by atoms with Gasteiger partial charge in [0.15, 0.2) is 0 Å². The minimum absolute atomic E-state index is 0.103. The lowest BCUT2D eigenvalue weighted by Gasteiger charge is -2.54. The Morgan fingerprint density at radius 1 is 1.11 bits per heavy atom. The van der Waals surface area contributed by atoms with Crippen molar-refractivity contribution in [3.63, 3.8) is 0 Å². The van der Waals surface area contributed by atoms with Gasteiger partial charge in [0.1, 0.15) is 0 Å². The van der Waals surface area contributed by atoms with Gasteiger partial charge in [0.25, 0.3) is 0 Å². The molecule has 0 aromatic rings. The minimum atomic E-state index is -0.240. The Kier molecular flexibility index (Phi) is 3.97. The van der Waals surface area contributed by atoms with Crippen LogP contribution in [-0.2, 0) is 4.79 Å². The monoisotopic (exact) mass is 266 g/mol. The fraction of sp³-hybridized carbons (Fsp3) is 0.938. The predicted octanol–water partition coefficient (Wildman–Crippen LogP) is 3.29. The molecular formula is C16H30N2O. The van der Waals surface area contributed by atoms with Crippen LogP contribution in [-0.4, -0.2) is 28.1 Å². The lowest BCUT2D eigenvalue weighted by atomic mass is 9.83. The van der Waals surface area contributed by atoms with Gasteiger partial charge < -0.3 is 4.90 Å². The fourth-order valence-corrected chi connectivity index (χ4v) is 4.36. The SMILES string of the molecule is CC1CC(C)(C)NC(C)(C)N1C(=O)C1CCCCC1. The number of amides is 1. The Morgan fingerprint density at radius 3 is 2.21 bits per heavy atom. The van der Waals surface area contributed by atoms with Crippen molar-refractivity contribution in [2.45, 2.75) is 90.4 Å². The third kappa shape index (κ3) is 3.13. The van der Waals surface area contributed by atoms with Crippen LogP contribution in [0.1, 0.15) is 73.1 Å². The van der Waals surface area contributed by atoms with Gasteiger partial charge in [-0.1, -0.05) is 19.3 Å². The third-order valence-corrected chi connectivity index (χ3v) is 4.68. The van der Waals surface area contributed by atoms with Gasteiger partial charge in [0.05, 0.1) is 5.66 Å². The van der Waals surface area contributed by atoms with Crippen molar-refractivity contribution < 1.29 is 4.79 Å². The first-order chi connectivity index (χ1) is 8.73. The Balaban J connectivity index is 2.15. The van der Waals surface area contributed by atoms with Gasteiger partial charge in [-0.3, -0.25) is 10.1 Å². The Bertz CT molecular complexity index is 343. The number of nitrogens with zero attached hydrogens (tertiary/aromatic N) is 1. The predicted molar refractivity (Wildman–Crippen MR) is 78.8 cm³/mol. The maximum atomic E-state index is 12.9. The van der Waals surface area contributed by atoms with E-state index in [2.05, 4.69) is 44.8 Å². The van der Waals surface area contributed by atoms with Crippen molar-refractivity contribution in [2.75, 3.05) is 0 Å². The van der Waals surface area contributed by atoms with E-state index >= 15 is 0 Å². The number of hydrogen-bond donors (Lipinski definition) is 1. The van der Waals surface area contributed by atoms with Crippen LogP contribution in [0.25, 0.3) is 0 Å². The molecule has 0 aromatic carbocycles. The van der Waals surface area contributed by atoms with Gasteiger partial charge in [-0.05, 0) is 53.9 Å². The normalized spacial score (nSPS) is 31.2. The molecule has 0 radical (unpaired) electrons. The molecule has 2 fully saturated rings. The van der Waals surface area contributed by atoms with Gasteiger partial charge in [-0.2, -0.15) is 0 Å². The quantitative estimate of drug-likeness (QED) is 0.790. The molecule has 2 rings (SSSR count). The number of hydrogen-bond acceptors (Lipinski definition) is 2. The summed E-state index contributed by atoms with van der Waals surface area (Å²) in [6, 6.07) is 0.320. The van der Waals surface area contributed by atoms with E-state index in [9.17, 15) is 4.79 Å². The smallest absolute Gasteiger partial charge is 0.227 e. The van der Waals surface area contributed by atoms with Gasteiger partial charge in [0.2, 0.25) is 5.91 Å². The van der Waals surface area contributed by atoms with Crippen LogP contribution in [0.3, 0.4) is 0 Å². The third-order valence-electron chi connectivity index (χ3n) is 4.68. The standard InChI is InChI=1S/C16H30N2O/c1-12-11-15(2,3)17-16(4,5)18(12)14(19)13-9-7-6-8-10-13/h12-13,17H,6-11H2,1-5H3. The van der Waals surface area contributed by atoms with Crippen molar-refractivity contribution >= 4 is 5.91 Å². The molecule has 1 amide bonds. The summed E-state index contributed by atoms with van der Waals surface area (Å²) in [6.45, 7) is 10.9. The highest BCUT2D eigenvalue weighted by molar-refractivity contribution is 5.80. The molecule has 0 spiro atoms. The Hall–Kier alpha value is -0.570. The zero-order chi connectivity index (χ0) is 14.3. The minimum Gasteiger partial charge on any atom is -0.322 e. The van der Waals surface area contributed by atoms with Gasteiger partial charge in [-0.15, -0.1) is 0 Å². The van der Waals surface area contributed by atoms with Crippen LogP contribution in [0.4, 0.5) is 0 Å². The summed E-state index contributed by atoms with van der Waals surface area (Å²) in [5.74, 6) is 0.638. The summed E-state index contributed by atoms with van der Waals surface area (Å²) in [4.78, 5) is 15.0. The lowest BCUT2D eigenvalue weighted by Crippen LogP contribution is -2.71. The van der Waals surface area contributed by atoms with E-state index in [4.69, 9.17) is 0 Å². The molecule has 0 aromatic heterocycles. The van der Waals surface area contributed by atoms with Crippen molar-refractivity contribution in [3.8, 4) is 0 Å². The highest BCUT2D eigenvalue weighted by Gasteiger charge is 2.45. The van der Waals surface area contributed by atoms with Gasteiger partial charge in [0, 0.05) is 17.5 Å². The van der Waals surface area contributed by atoms with Crippen LogP contribution in [0.2, 0.25) is 0 Å². The van der Waals surface area contributed by atoms with E-state index in [1.54, 1.807) is 0 Å². The number of carbonyl (C=O) groups is 1. The highest BCUT2D eigenvalue weighted by atomic mass is 16.2. The summed E-state index contributed by atoms with van der Waals surface area (Å²) < 4.78 is 0. The Morgan fingerprint density at radius 2 is 1.68 bits per heavy atom. The second-order valence-corrected chi connectivity index (χ2v) is 7.66. The molecule has 3 heteroatoms. The van der Waals surface area contributed by atoms with E-state index in [0.29, 0.717) is 11.9 Å². The second kappa shape index (κ2) is 5.08. The molecule has 19 heavy (non-hydrogen) atoms. The average Bonchev–Trinajstić information content (AvgIpc) is 2.25. The summed E-state index contributed by atoms with van der Waals surface area (Å²) >= 11 is 0. The molecule has 1 unspecified atom stereocenters. The van der Waals surface area contributed by atoms with E-state index in [-0.39, 0.29) is 17.1 Å². The number of nitrogens with one attached hydrogen (secondary N) is 1. The lowest BCUT2D eigenvalue weighted by molar-refractivity contribution is -0.152. The van der Waals surface area contributed by atoms with E-state index in [1.165, 1.54) is 19.3 Å². The van der Waals surface area contributed by atoms with E-state index in [0.717, 1.165) is 19.3 Å². The largest absolute Gasteiger partial charge is 0.322 e. The van der Waals surface area contributed by atoms with Crippen molar-refractivity contribution in [1.29, 1.82) is 0 Å². The van der Waals surface area contributed by atoms with Crippen LogP contribution in [0.5, 0.6) is 0 Å². The molecule has 1 saturated carbocycles. The molecule has 1 atom stereocenters. The molecule has 1 heterocycles. The zero-order valence-corrected chi connectivity index (χ0v) is 13.3. The van der Waals surface area contributed by atoms with Crippen LogP contribution in [0.15, 0.2) is 0 Å². The average molecular weight is 266 g/mol. The first-order valence-electron chi connectivity index (χ1n) is 7.85. The van der Waals surface area contributed by atoms with Crippen LogP contribution < -0.4 is 5.32 Å². The molecule has 1 saturated heterocycles. The molecular weight excluding hydrogens is 236 g/mol.